The predicted molar refractivity (Wildman–Crippen MR) is 327 cm³/mol. The van der Waals surface area contributed by atoms with Gasteiger partial charge in [-0.05, 0) is 207 Å². The van der Waals surface area contributed by atoms with Crippen LogP contribution in [0.1, 0.15) is 158 Å². The molecule has 1 aliphatic heterocycles. The SMILES string of the molecule is C[C@H](CCC(=O)N[C@H]1C[C@@H](C(=O)N(CCCN(C)C)CCCN(C)C)N(C(=O)C(Cc2cnc[nH]2)NC(=O)OC(C)(C)C)C1)[C@H]1CCC2C3CCC4C[C@@H](O[Si](c5ccccc5)(c5ccccc5)C(C)(C)C)CC[C@]4(C)C3CC[C@@]21C. The molecular weight excluding hydrogens is 1030 g/mol. The number of likely N-dealkylation sites (tertiary alicyclic amines) is 1. The number of nitrogens with zero attached hydrogens (tertiary/aromatic N) is 5. The third kappa shape index (κ3) is 14.3. The minimum atomic E-state index is -2.65. The molecule has 8 rings (SSSR count). The minimum Gasteiger partial charge on any atom is -0.444 e. The van der Waals surface area contributed by atoms with Crippen LogP contribution in [0, 0.1) is 46.3 Å². The van der Waals surface area contributed by atoms with E-state index < -0.39 is 44.0 Å². The molecule has 0 bridgehead atoms. The number of ether oxygens (including phenoxy) is 1. The Morgan fingerprint density at radius 3 is 1.99 bits per heavy atom. The van der Waals surface area contributed by atoms with Crippen LogP contribution in [-0.2, 0) is 30.0 Å². The molecule has 15 heteroatoms. The fourth-order valence-corrected chi connectivity index (χ4v) is 21.4. The van der Waals surface area contributed by atoms with Crippen molar-refractivity contribution in [1.29, 1.82) is 0 Å². The molecule has 3 N–H and O–H groups in total. The number of alkyl carbamates (subject to hydrolysis) is 1. The maximum absolute atomic E-state index is 14.9. The van der Waals surface area contributed by atoms with Crippen molar-refractivity contribution in [3.05, 3.63) is 78.9 Å². The molecule has 2 heterocycles. The van der Waals surface area contributed by atoms with Crippen molar-refractivity contribution in [1.82, 2.24) is 40.2 Å². The highest BCUT2D eigenvalue weighted by Crippen LogP contribution is 2.68. The molecule has 0 radical (unpaired) electrons. The Kier molecular flexibility index (Phi) is 20.2. The lowest BCUT2D eigenvalue weighted by atomic mass is 9.44. The Bertz CT molecular complexity index is 2480. The highest BCUT2D eigenvalue weighted by atomic mass is 28.4. The fourth-order valence-electron chi connectivity index (χ4n) is 16.7. The van der Waals surface area contributed by atoms with E-state index in [0.717, 1.165) is 57.0 Å². The van der Waals surface area contributed by atoms with Crippen molar-refractivity contribution in [2.45, 2.75) is 193 Å². The number of carbonyl (C=O) groups is 4. The molecule has 5 unspecified atom stereocenters. The summed E-state index contributed by atoms with van der Waals surface area (Å²) in [7, 11) is 5.46. The zero-order valence-corrected chi connectivity index (χ0v) is 53.0. The molecule has 5 aliphatic rings. The Morgan fingerprint density at radius 1 is 0.790 bits per heavy atom. The monoisotopic (exact) mass is 1130 g/mol. The van der Waals surface area contributed by atoms with Crippen molar-refractivity contribution in [3.63, 3.8) is 0 Å². The summed E-state index contributed by atoms with van der Waals surface area (Å²) in [5.41, 5.74) is 0.458. The van der Waals surface area contributed by atoms with Gasteiger partial charge in [-0.1, -0.05) is 102 Å². The van der Waals surface area contributed by atoms with Crippen molar-refractivity contribution >= 4 is 42.5 Å². The standard InChI is InChI=1S/C66H104N8O6Si/c1-46(54-29-30-55-53-28-27-47-40-50(32-34-65(47,8)56(53)33-35-66(54,55)9)80-81(64(5,6)7,51-22-16-14-17-23-51)52-24-18-15-19-25-52)26-31-59(75)69-49-42-58(61(77)73(38-20-36-71(10)11)39-21-37-72(12)13)74(44-49)60(76)57(41-48-43-67-45-68-48)70-62(78)79-63(2,3)4/h14-19,22-25,43,45-47,49-50,53-58H,20-21,26-42,44H2,1-13H3,(H,67,68)(H,69,75)(H,70,78)/t46-,47?,49+,50+,53?,54-,55?,56?,57?,58+,65+,66-/m1/s1. The van der Waals surface area contributed by atoms with Gasteiger partial charge in [-0.2, -0.15) is 0 Å². The van der Waals surface area contributed by atoms with Crippen molar-refractivity contribution in [3.8, 4) is 0 Å². The molecule has 4 saturated carbocycles. The minimum absolute atomic E-state index is 0.0359. The van der Waals surface area contributed by atoms with Gasteiger partial charge in [-0.15, -0.1) is 0 Å². The van der Waals surface area contributed by atoms with E-state index >= 15 is 0 Å². The first kappa shape index (κ1) is 62.5. The molecule has 12 atom stereocenters. The van der Waals surface area contributed by atoms with Gasteiger partial charge in [0.1, 0.15) is 17.7 Å². The number of rotatable bonds is 22. The lowest BCUT2D eigenvalue weighted by Crippen LogP contribution is -2.68. The van der Waals surface area contributed by atoms with E-state index in [4.69, 9.17) is 9.16 Å². The average molecular weight is 1130 g/mol. The second kappa shape index (κ2) is 26.1. The van der Waals surface area contributed by atoms with E-state index in [2.05, 4.69) is 133 Å². The number of benzene rings is 2. The van der Waals surface area contributed by atoms with Crippen LogP contribution in [0.4, 0.5) is 4.79 Å². The summed E-state index contributed by atoms with van der Waals surface area (Å²) in [4.78, 5) is 72.4. The van der Waals surface area contributed by atoms with Crippen LogP contribution >= 0.6 is 0 Å². The van der Waals surface area contributed by atoms with Crippen LogP contribution in [0.15, 0.2) is 73.2 Å². The summed E-state index contributed by atoms with van der Waals surface area (Å²) < 4.78 is 13.5. The number of aromatic nitrogens is 2. The summed E-state index contributed by atoms with van der Waals surface area (Å²) >= 11 is 0. The van der Waals surface area contributed by atoms with Crippen molar-refractivity contribution < 1.29 is 28.3 Å². The van der Waals surface area contributed by atoms with Crippen LogP contribution in [0.25, 0.3) is 0 Å². The smallest absolute Gasteiger partial charge is 0.408 e. The number of fused-ring (bicyclic) bond motifs is 5. The van der Waals surface area contributed by atoms with Crippen LogP contribution in [0.5, 0.6) is 0 Å². The van der Waals surface area contributed by atoms with E-state index in [0.29, 0.717) is 60.7 Å². The largest absolute Gasteiger partial charge is 0.444 e. The van der Waals surface area contributed by atoms with E-state index in [9.17, 15) is 19.2 Å². The van der Waals surface area contributed by atoms with Crippen molar-refractivity contribution in [2.24, 2.45) is 46.3 Å². The van der Waals surface area contributed by atoms with E-state index in [-0.39, 0.29) is 41.3 Å². The van der Waals surface area contributed by atoms with Crippen LogP contribution in [0.2, 0.25) is 5.04 Å². The Morgan fingerprint density at radius 2 is 1.41 bits per heavy atom. The number of hydrogen-bond donors (Lipinski definition) is 3. The molecule has 81 heavy (non-hydrogen) atoms. The summed E-state index contributed by atoms with van der Waals surface area (Å²) in [6.45, 7) is 23.1. The normalized spacial score (nSPS) is 28.4. The average Bonchev–Trinajstić information content (AvgIpc) is 4.39. The van der Waals surface area contributed by atoms with Gasteiger partial charge in [-0.3, -0.25) is 14.4 Å². The molecule has 4 aliphatic carbocycles. The van der Waals surface area contributed by atoms with Crippen LogP contribution in [-0.4, -0.2) is 152 Å². The maximum Gasteiger partial charge on any atom is 0.408 e. The molecule has 0 spiro atoms. The first-order chi connectivity index (χ1) is 38.3. The molecule has 3 aromatic rings. The van der Waals surface area contributed by atoms with Crippen LogP contribution < -0.4 is 21.0 Å². The van der Waals surface area contributed by atoms with E-state index in [1.165, 1.54) is 61.6 Å². The number of imidazole rings is 1. The third-order valence-electron chi connectivity index (χ3n) is 20.5. The van der Waals surface area contributed by atoms with E-state index in [1.807, 2.05) is 33.1 Å². The molecule has 1 aromatic heterocycles. The summed E-state index contributed by atoms with van der Waals surface area (Å²) in [5, 5.41) is 8.86. The Hall–Kier alpha value is -4.57. The highest BCUT2D eigenvalue weighted by Gasteiger charge is 2.62. The molecule has 448 valence electrons. The number of amides is 4. The van der Waals surface area contributed by atoms with Gasteiger partial charge in [0.2, 0.25) is 17.7 Å². The summed E-state index contributed by atoms with van der Waals surface area (Å²) in [5.74, 6) is 3.27. The topological polar surface area (TPSA) is 152 Å². The highest BCUT2D eigenvalue weighted by molar-refractivity contribution is 6.99. The Labute approximate surface area is 488 Å². The third-order valence-corrected chi connectivity index (χ3v) is 25.6. The second-order valence-electron chi connectivity index (χ2n) is 28.7. The van der Waals surface area contributed by atoms with Gasteiger partial charge in [0.25, 0.3) is 8.32 Å². The molecule has 5 fully saturated rings. The number of aromatic amines is 1. The van der Waals surface area contributed by atoms with E-state index in [1.54, 1.807) is 31.9 Å². The predicted octanol–water partition coefficient (Wildman–Crippen LogP) is 9.68. The lowest BCUT2D eigenvalue weighted by molar-refractivity contribution is -0.145. The maximum atomic E-state index is 14.9. The first-order valence-corrected chi connectivity index (χ1v) is 33.2. The second-order valence-corrected chi connectivity index (χ2v) is 33.0. The number of H-pyrrole nitrogens is 1. The quantitative estimate of drug-likeness (QED) is 0.0836. The zero-order valence-electron chi connectivity index (χ0n) is 52.0. The van der Waals surface area contributed by atoms with Crippen LogP contribution in [0.3, 0.4) is 0 Å². The molecule has 14 nitrogen and oxygen atoms in total. The first-order valence-electron chi connectivity index (χ1n) is 31.3. The molecule has 2 aromatic carbocycles. The van der Waals surface area contributed by atoms with Gasteiger partial charge in [-0.25, -0.2) is 9.78 Å². The Balaban J connectivity index is 0.917. The van der Waals surface area contributed by atoms with Gasteiger partial charge in [0.15, 0.2) is 0 Å². The summed E-state index contributed by atoms with van der Waals surface area (Å²) in [6.07, 6.45) is 17.1. The molecule has 4 amide bonds. The molecule has 1 saturated heterocycles. The fraction of sp³-hybridized carbons (Fsp3) is 0.712. The van der Waals surface area contributed by atoms with Crippen molar-refractivity contribution in [2.75, 3.05) is 60.9 Å². The molecular formula is C66H104N8O6Si. The van der Waals surface area contributed by atoms with Gasteiger partial charge in [0.05, 0.1) is 6.33 Å². The van der Waals surface area contributed by atoms with Gasteiger partial charge < -0.3 is 44.4 Å². The summed E-state index contributed by atoms with van der Waals surface area (Å²) in [6, 6.07) is 20.1. The number of nitrogens with one attached hydrogen (secondary N) is 3. The van der Waals surface area contributed by atoms with Gasteiger partial charge in [0, 0.05) is 56.5 Å². The van der Waals surface area contributed by atoms with Gasteiger partial charge >= 0.3 is 6.09 Å². The number of carbonyl (C=O) groups excluding carboxylic acids is 4. The number of hydrogen-bond acceptors (Lipinski definition) is 9. The zero-order chi connectivity index (χ0) is 58.5. The lowest BCUT2D eigenvalue weighted by Gasteiger charge is -2.62.